The van der Waals surface area contributed by atoms with Crippen LogP contribution in [0.3, 0.4) is 0 Å². The Labute approximate surface area is 110 Å². The molecular formula is C14H27NO3. The smallest absolute Gasteiger partial charge is 0.0775 e. The first-order chi connectivity index (χ1) is 8.49. The molecule has 0 aromatic carbocycles. The zero-order valence-corrected chi connectivity index (χ0v) is 11.9. The molecule has 106 valence electrons. The Morgan fingerprint density at radius 2 is 1.94 bits per heavy atom. The maximum absolute atomic E-state index is 6.41. The van der Waals surface area contributed by atoms with E-state index in [-0.39, 0.29) is 17.2 Å². The molecule has 0 aromatic heterocycles. The van der Waals surface area contributed by atoms with Gasteiger partial charge in [-0.05, 0) is 45.4 Å². The summed E-state index contributed by atoms with van der Waals surface area (Å²) in [7, 11) is 1.74. The van der Waals surface area contributed by atoms with Gasteiger partial charge >= 0.3 is 0 Å². The van der Waals surface area contributed by atoms with Crippen LogP contribution in [0.15, 0.2) is 0 Å². The number of hydrogen-bond acceptors (Lipinski definition) is 4. The number of nitrogens with two attached hydrogens (primary N) is 1. The second-order valence-electron chi connectivity index (χ2n) is 6.23. The third-order valence-electron chi connectivity index (χ3n) is 4.77. The average molecular weight is 257 g/mol. The van der Waals surface area contributed by atoms with Crippen LogP contribution < -0.4 is 5.73 Å². The molecule has 0 aromatic rings. The highest BCUT2D eigenvalue weighted by atomic mass is 16.5. The van der Waals surface area contributed by atoms with Crippen molar-refractivity contribution in [1.29, 1.82) is 0 Å². The molecule has 0 amide bonds. The summed E-state index contributed by atoms with van der Waals surface area (Å²) < 4.78 is 17.0. The van der Waals surface area contributed by atoms with Crippen LogP contribution in [-0.4, -0.2) is 44.2 Å². The summed E-state index contributed by atoms with van der Waals surface area (Å²) in [5.41, 5.74) is 6.16. The fraction of sp³-hybridized carbons (Fsp3) is 1.00. The van der Waals surface area contributed by atoms with Crippen LogP contribution in [-0.2, 0) is 14.2 Å². The molecule has 2 atom stereocenters. The van der Waals surface area contributed by atoms with Gasteiger partial charge in [0.05, 0.1) is 11.2 Å². The van der Waals surface area contributed by atoms with E-state index in [0.717, 1.165) is 45.5 Å². The molecule has 0 aliphatic carbocycles. The van der Waals surface area contributed by atoms with Crippen LogP contribution in [0.25, 0.3) is 0 Å². The van der Waals surface area contributed by atoms with Gasteiger partial charge in [-0.2, -0.15) is 0 Å². The van der Waals surface area contributed by atoms with E-state index >= 15 is 0 Å². The molecule has 4 heteroatoms. The van der Waals surface area contributed by atoms with Gasteiger partial charge in [0, 0.05) is 33.0 Å². The molecule has 0 radical (unpaired) electrons. The van der Waals surface area contributed by atoms with Crippen molar-refractivity contribution >= 4 is 0 Å². The number of hydrogen-bond donors (Lipinski definition) is 1. The lowest BCUT2D eigenvalue weighted by atomic mass is 9.74. The summed E-state index contributed by atoms with van der Waals surface area (Å²) in [6, 6.07) is 0.0612. The number of methoxy groups -OCH3 is 1. The topological polar surface area (TPSA) is 53.7 Å². The van der Waals surface area contributed by atoms with E-state index in [0.29, 0.717) is 5.92 Å². The van der Waals surface area contributed by atoms with Crippen molar-refractivity contribution in [2.24, 2.45) is 11.7 Å². The van der Waals surface area contributed by atoms with Crippen molar-refractivity contribution in [3.05, 3.63) is 0 Å². The Morgan fingerprint density at radius 1 is 1.28 bits per heavy atom. The molecule has 2 unspecified atom stereocenters. The van der Waals surface area contributed by atoms with E-state index in [1.807, 2.05) is 0 Å². The van der Waals surface area contributed by atoms with Gasteiger partial charge in [0.25, 0.3) is 0 Å². The molecule has 2 rings (SSSR count). The van der Waals surface area contributed by atoms with Crippen molar-refractivity contribution in [3.63, 3.8) is 0 Å². The van der Waals surface area contributed by atoms with Gasteiger partial charge in [-0.25, -0.2) is 0 Å². The standard InChI is InChI=1S/C14H27NO3/c1-13(2,16-3)12(15)11-4-7-18-14(10-11)5-8-17-9-6-14/h11-12H,4-10,15H2,1-3H3. The summed E-state index contributed by atoms with van der Waals surface area (Å²) in [4.78, 5) is 0. The van der Waals surface area contributed by atoms with E-state index in [4.69, 9.17) is 19.9 Å². The minimum Gasteiger partial charge on any atom is -0.381 e. The van der Waals surface area contributed by atoms with E-state index < -0.39 is 0 Å². The molecule has 2 saturated heterocycles. The SMILES string of the molecule is COC(C)(C)C(N)C1CCOC2(CCOCC2)C1. The zero-order valence-electron chi connectivity index (χ0n) is 11.9. The molecule has 0 saturated carbocycles. The third-order valence-corrected chi connectivity index (χ3v) is 4.77. The van der Waals surface area contributed by atoms with Gasteiger partial charge < -0.3 is 19.9 Å². The van der Waals surface area contributed by atoms with Crippen molar-refractivity contribution in [2.75, 3.05) is 26.9 Å². The predicted molar refractivity (Wildman–Crippen MR) is 70.5 cm³/mol. The largest absolute Gasteiger partial charge is 0.381 e. The average Bonchev–Trinajstić information content (AvgIpc) is 2.39. The highest BCUT2D eigenvalue weighted by molar-refractivity contribution is 4.96. The Hall–Kier alpha value is -0.160. The highest BCUT2D eigenvalue weighted by Gasteiger charge is 2.43. The monoisotopic (exact) mass is 257 g/mol. The molecule has 2 heterocycles. The molecule has 2 aliphatic rings. The number of rotatable bonds is 3. The molecule has 1 spiro atoms. The maximum atomic E-state index is 6.41. The second kappa shape index (κ2) is 5.45. The summed E-state index contributed by atoms with van der Waals surface area (Å²) in [5, 5.41) is 0. The second-order valence-corrected chi connectivity index (χ2v) is 6.23. The van der Waals surface area contributed by atoms with E-state index in [2.05, 4.69) is 13.8 Å². The first kappa shape index (κ1) is 14.3. The van der Waals surface area contributed by atoms with E-state index in [9.17, 15) is 0 Å². The normalized spacial score (nSPS) is 30.3. The molecular weight excluding hydrogens is 230 g/mol. The van der Waals surface area contributed by atoms with Crippen LogP contribution in [0, 0.1) is 5.92 Å². The van der Waals surface area contributed by atoms with Crippen LogP contribution in [0.2, 0.25) is 0 Å². The van der Waals surface area contributed by atoms with Crippen LogP contribution in [0.4, 0.5) is 0 Å². The van der Waals surface area contributed by atoms with E-state index in [1.54, 1.807) is 7.11 Å². The van der Waals surface area contributed by atoms with Crippen molar-refractivity contribution in [1.82, 2.24) is 0 Å². The van der Waals surface area contributed by atoms with Gasteiger partial charge in [0.1, 0.15) is 0 Å². The lowest BCUT2D eigenvalue weighted by molar-refractivity contribution is -0.156. The van der Waals surface area contributed by atoms with Crippen molar-refractivity contribution in [2.45, 2.75) is 56.8 Å². The summed E-state index contributed by atoms with van der Waals surface area (Å²) in [6.07, 6.45) is 4.09. The minimum atomic E-state index is -0.269. The Balaban J connectivity index is 2.02. The molecule has 2 aliphatic heterocycles. The molecule has 4 nitrogen and oxygen atoms in total. The van der Waals surface area contributed by atoms with Gasteiger partial charge in [-0.1, -0.05) is 0 Å². The molecule has 2 N–H and O–H groups in total. The van der Waals surface area contributed by atoms with Crippen LogP contribution in [0.1, 0.15) is 39.5 Å². The molecule has 18 heavy (non-hydrogen) atoms. The summed E-state index contributed by atoms with van der Waals surface area (Å²) in [6.45, 7) is 6.59. The van der Waals surface area contributed by atoms with Gasteiger partial charge in [-0.15, -0.1) is 0 Å². The molecule has 2 fully saturated rings. The van der Waals surface area contributed by atoms with E-state index in [1.165, 1.54) is 0 Å². The van der Waals surface area contributed by atoms with Gasteiger partial charge in [-0.3, -0.25) is 0 Å². The third kappa shape index (κ3) is 2.87. The Bertz CT molecular complexity index is 269. The minimum absolute atomic E-state index is 0.0165. The molecule has 0 bridgehead atoms. The summed E-state index contributed by atoms with van der Waals surface area (Å²) >= 11 is 0. The number of ether oxygens (including phenoxy) is 3. The van der Waals surface area contributed by atoms with Gasteiger partial charge in [0.15, 0.2) is 0 Å². The Kier molecular flexibility index (Phi) is 4.32. The highest BCUT2D eigenvalue weighted by Crippen LogP contribution is 2.39. The van der Waals surface area contributed by atoms with Crippen molar-refractivity contribution in [3.8, 4) is 0 Å². The van der Waals surface area contributed by atoms with Crippen molar-refractivity contribution < 1.29 is 14.2 Å². The maximum Gasteiger partial charge on any atom is 0.0775 e. The Morgan fingerprint density at radius 3 is 2.56 bits per heavy atom. The van der Waals surface area contributed by atoms with Crippen LogP contribution >= 0.6 is 0 Å². The summed E-state index contributed by atoms with van der Waals surface area (Å²) in [5.74, 6) is 0.479. The fourth-order valence-electron chi connectivity index (χ4n) is 3.17. The lowest BCUT2D eigenvalue weighted by Gasteiger charge is -2.47. The first-order valence-corrected chi connectivity index (χ1v) is 7.02. The predicted octanol–water partition coefficient (Wildman–Crippen LogP) is 1.71. The van der Waals surface area contributed by atoms with Crippen LogP contribution in [0.5, 0.6) is 0 Å². The lowest BCUT2D eigenvalue weighted by Crippen LogP contribution is -2.55. The zero-order chi connectivity index (χ0) is 13.2. The first-order valence-electron chi connectivity index (χ1n) is 7.02. The fourth-order valence-corrected chi connectivity index (χ4v) is 3.17. The quantitative estimate of drug-likeness (QED) is 0.836. The van der Waals surface area contributed by atoms with Gasteiger partial charge in [0.2, 0.25) is 0 Å².